The summed E-state index contributed by atoms with van der Waals surface area (Å²) in [4.78, 5) is 15.5. The highest BCUT2D eigenvalue weighted by Gasteiger charge is 2.18. The van der Waals surface area contributed by atoms with Crippen LogP contribution in [-0.2, 0) is 4.74 Å². The molecule has 1 aromatic heterocycles. The third kappa shape index (κ3) is 2.28. The number of carbonyl (C=O) groups is 1. The molecule has 0 atom stereocenters. The van der Waals surface area contributed by atoms with Crippen LogP contribution in [0.4, 0.5) is 0 Å². The number of rotatable bonds is 3. The Labute approximate surface area is 93.6 Å². The fourth-order valence-electron chi connectivity index (χ4n) is 1.26. The van der Waals surface area contributed by atoms with Gasteiger partial charge in [0.15, 0.2) is 0 Å². The molecule has 0 unspecified atom stereocenters. The Balaban J connectivity index is 3.37. The van der Waals surface area contributed by atoms with E-state index in [1.54, 1.807) is 13.8 Å². The Morgan fingerprint density at radius 3 is 2.81 bits per heavy atom. The summed E-state index contributed by atoms with van der Waals surface area (Å²) in [5, 5.41) is 8.98. The Morgan fingerprint density at radius 2 is 2.31 bits per heavy atom. The molecule has 0 bridgehead atoms. The topological polar surface area (TPSA) is 72.2 Å². The summed E-state index contributed by atoms with van der Waals surface area (Å²) in [6.45, 7) is 3.88. The highest BCUT2D eigenvalue weighted by molar-refractivity contribution is 5.92. The Kier molecular flexibility index (Phi) is 3.84. The molecule has 1 heterocycles. The minimum atomic E-state index is -0.567. The van der Waals surface area contributed by atoms with E-state index >= 15 is 0 Å². The summed E-state index contributed by atoms with van der Waals surface area (Å²) in [5.41, 5.74) is 0.892. The molecule has 1 aromatic rings. The van der Waals surface area contributed by atoms with Gasteiger partial charge >= 0.3 is 5.97 Å². The van der Waals surface area contributed by atoms with Gasteiger partial charge in [-0.1, -0.05) is 0 Å². The van der Waals surface area contributed by atoms with Crippen molar-refractivity contribution in [1.82, 2.24) is 4.98 Å². The van der Waals surface area contributed by atoms with Crippen molar-refractivity contribution in [3.05, 3.63) is 22.9 Å². The van der Waals surface area contributed by atoms with E-state index in [-0.39, 0.29) is 17.0 Å². The van der Waals surface area contributed by atoms with E-state index in [2.05, 4.69) is 9.72 Å². The molecule has 0 fully saturated rings. The SMILES string of the molecule is CCOc1nc(C)cc(C(=O)OC)c1C#N. The number of esters is 1. The molecule has 84 valence electrons. The number of nitrogens with zero attached hydrogens (tertiary/aromatic N) is 2. The number of nitriles is 1. The molecule has 0 saturated carbocycles. The maximum atomic E-state index is 11.4. The van der Waals surface area contributed by atoms with Gasteiger partial charge in [-0.05, 0) is 19.9 Å². The van der Waals surface area contributed by atoms with Crippen LogP contribution in [0.2, 0.25) is 0 Å². The molecule has 0 aliphatic heterocycles. The average molecular weight is 220 g/mol. The third-order valence-corrected chi connectivity index (χ3v) is 1.91. The molecular formula is C11H12N2O3. The van der Waals surface area contributed by atoms with E-state index < -0.39 is 5.97 Å². The van der Waals surface area contributed by atoms with Gasteiger partial charge in [0.2, 0.25) is 5.88 Å². The molecule has 0 radical (unpaired) electrons. The summed E-state index contributed by atoms with van der Waals surface area (Å²) in [7, 11) is 1.26. The van der Waals surface area contributed by atoms with Crippen LogP contribution in [-0.4, -0.2) is 24.7 Å². The van der Waals surface area contributed by atoms with Gasteiger partial charge in [-0.3, -0.25) is 0 Å². The predicted octanol–water partition coefficient (Wildman–Crippen LogP) is 1.45. The van der Waals surface area contributed by atoms with Crippen LogP contribution in [0, 0.1) is 18.3 Å². The molecule has 0 amide bonds. The minimum Gasteiger partial charge on any atom is -0.477 e. The van der Waals surface area contributed by atoms with Gasteiger partial charge in [-0.25, -0.2) is 9.78 Å². The zero-order valence-corrected chi connectivity index (χ0v) is 9.40. The fourth-order valence-corrected chi connectivity index (χ4v) is 1.26. The van der Waals surface area contributed by atoms with Crippen LogP contribution >= 0.6 is 0 Å². The second-order valence-corrected chi connectivity index (χ2v) is 3.03. The normalized spacial score (nSPS) is 9.38. The standard InChI is InChI=1S/C11H12N2O3/c1-4-16-10-9(6-12)8(11(14)15-3)5-7(2)13-10/h5H,4H2,1-3H3. The van der Waals surface area contributed by atoms with Crippen LogP contribution in [0.3, 0.4) is 0 Å². The van der Waals surface area contributed by atoms with E-state index in [1.165, 1.54) is 13.2 Å². The quantitative estimate of drug-likeness (QED) is 0.721. The monoisotopic (exact) mass is 220 g/mol. The fraction of sp³-hybridized carbons (Fsp3) is 0.364. The number of aryl methyl sites for hydroxylation is 1. The van der Waals surface area contributed by atoms with Crippen LogP contribution in [0.25, 0.3) is 0 Å². The molecule has 1 rings (SSSR count). The van der Waals surface area contributed by atoms with Crippen LogP contribution in [0.5, 0.6) is 5.88 Å². The van der Waals surface area contributed by atoms with Crippen LogP contribution in [0.1, 0.15) is 28.5 Å². The Hall–Kier alpha value is -2.09. The summed E-state index contributed by atoms with van der Waals surface area (Å²) in [5.74, 6) is -0.395. The molecule has 0 aliphatic rings. The zero-order valence-electron chi connectivity index (χ0n) is 9.40. The van der Waals surface area contributed by atoms with Gasteiger partial charge in [0.25, 0.3) is 0 Å². The highest BCUT2D eigenvalue weighted by Crippen LogP contribution is 2.21. The van der Waals surface area contributed by atoms with Crippen molar-refractivity contribution in [1.29, 1.82) is 5.26 Å². The number of carbonyl (C=O) groups excluding carboxylic acids is 1. The van der Waals surface area contributed by atoms with Gasteiger partial charge in [0.05, 0.1) is 19.3 Å². The summed E-state index contributed by atoms with van der Waals surface area (Å²) in [6, 6.07) is 3.41. The number of ether oxygens (including phenoxy) is 2. The Bertz CT molecular complexity index is 449. The second kappa shape index (κ2) is 5.12. The van der Waals surface area contributed by atoms with Gasteiger partial charge in [-0.2, -0.15) is 5.26 Å². The van der Waals surface area contributed by atoms with Crippen LogP contribution in [0.15, 0.2) is 6.07 Å². The number of pyridine rings is 1. The van der Waals surface area contributed by atoms with Crippen molar-refractivity contribution in [3.8, 4) is 11.9 Å². The van der Waals surface area contributed by atoms with Crippen molar-refractivity contribution in [2.45, 2.75) is 13.8 Å². The summed E-state index contributed by atoms with van der Waals surface area (Å²) < 4.78 is 9.80. The van der Waals surface area contributed by atoms with Crippen molar-refractivity contribution in [2.24, 2.45) is 0 Å². The van der Waals surface area contributed by atoms with E-state index in [4.69, 9.17) is 10.00 Å². The molecular weight excluding hydrogens is 208 g/mol. The molecule has 0 spiro atoms. The first kappa shape index (κ1) is 12.0. The molecule has 0 aromatic carbocycles. The first-order valence-electron chi connectivity index (χ1n) is 4.76. The van der Waals surface area contributed by atoms with E-state index in [9.17, 15) is 4.79 Å². The van der Waals surface area contributed by atoms with Gasteiger partial charge in [-0.15, -0.1) is 0 Å². The number of methoxy groups -OCH3 is 1. The van der Waals surface area contributed by atoms with E-state index in [0.29, 0.717) is 12.3 Å². The van der Waals surface area contributed by atoms with Gasteiger partial charge in [0, 0.05) is 5.69 Å². The van der Waals surface area contributed by atoms with Gasteiger partial charge < -0.3 is 9.47 Å². The first-order chi connectivity index (χ1) is 7.63. The first-order valence-corrected chi connectivity index (χ1v) is 4.76. The second-order valence-electron chi connectivity index (χ2n) is 3.03. The lowest BCUT2D eigenvalue weighted by Gasteiger charge is -2.08. The Morgan fingerprint density at radius 1 is 1.62 bits per heavy atom. The molecule has 0 N–H and O–H groups in total. The van der Waals surface area contributed by atoms with Crippen molar-refractivity contribution in [2.75, 3.05) is 13.7 Å². The van der Waals surface area contributed by atoms with Crippen LogP contribution < -0.4 is 4.74 Å². The van der Waals surface area contributed by atoms with E-state index in [0.717, 1.165) is 0 Å². The lowest BCUT2D eigenvalue weighted by atomic mass is 10.1. The maximum absolute atomic E-state index is 11.4. The predicted molar refractivity (Wildman–Crippen MR) is 56.2 cm³/mol. The minimum absolute atomic E-state index is 0.110. The van der Waals surface area contributed by atoms with Crippen molar-refractivity contribution in [3.63, 3.8) is 0 Å². The number of aromatic nitrogens is 1. The third-order valence-electron chi connectivity index (χ3n) is 1.91. The zero-order chi connectivity index (χ0) is 12.1. The van der Waals surface area contributed by atoms with Crippen molar-refractivity contribution >= 4 is 5.97 Å². The number of hydrogen-bond acceptors (Lipinski definition) is 5. The smallest absolute Gasteiger partial charge is 0.339 e. The lowest BCUT2D eigenvalue weighted by Crippen LogP contribution is -2.08. The van der Waals surface area contributed by atoms with E-state index in [1.807, 2.05) is 6.07 Å². The summed E-state index contributed by atoms with van der Waals surface area (Å²) >= 11 is 0. The number of hydrogen-bond donors (Lipinski definition) is 0. The lowest BCUT2D eigenvalue weighted by molar-refractivity contribution is 0.0599. The molecule has 5 heteroatoms. The highest BCUT2D eigenvalue weighted by atomic mass is 16.5. The maximum Gasteiger partial charge on any atom is 0.339 e. The summed E-state index contributed by atoms with van der Waals surface area (Å²) in [6.07, 6.45) is 0. The molecule has 0 aliphatic carbocycles. The molecule has 16 heavy (non-hydrogen) atoms. The molecule has 5 nitrogen and oxygen atoms in total. The largest absolute Gasteiger partial charge is 0.477 e. The van der Waals surface area contributed by atoms with Gasteiger partial charge in [0.1, 0.15) is 11.6 Å². The molecule has 0 saturated heterocycles. The van der Waals surface area contributed by atoms with Crippen molar-refractivity contribution < 1.29 is 14.3 Å². The average Bonchev–Trinajstić information content (AvgIpc) is 2.27.